The topological polar surface area (TPSA) is 88.9 Å². The highest BCUT2D eigenvalue weighted by Gasteiger charge is 2.25. The van der Waals surface area contributed by atoms with E-state index in [1.807, 2.05) is 39.0 Å². The van der Waals surface area contributed by atoms with Crippen LogP contribution in [0.15, 0.2) is 41.6 Å². The zero-order valence-corrected chi connectivity index (χ0v) is 22.1. The molecule has 0 aliphatic heterocycles. The first kappa shape index (κ1) is 26.3. The summed E-state index contributed by atoms with van der Waals surface area (Å²) in [7, 11) is 1.81. The van der Waals surface area contributed by atoms with E-state index in [0.29, 0.717) is 32.3 Å². The van der Waals surface area contributed by atoms with E-state index in [-0.39, 0.29) is 34.5 Å². The Balaban J connectivity index is 1.68. The van der Waals surface area contributed by atoms with Gasteiger partial charge in [0.05, 0.1) is 32.5 Å². The Morgan fingerprint density at radius 1 is 1.06 bits per heavy atom. The summed E-state index contributed by atoms with van der Waals surface area (Å²) in [5, 5.41) is 15.7. The maximum absolute atomic E-state index is 12.8. The smallest absolute Gasteiger partial charge is 0.251 e. The molecule has 2 amide bonds. The molecular formula is C23H24Cl3N5O2S. The second-order valence-electron chi connectivity index (χ2n) is 8.05. The Labute approximate surface area is 217 Å². The van der Waals surface area contributed by atoms with Gasteiger partial charge in [-0.15, -0.1) is 10.2 Å². The number of halogens is 3. The van der Waals surface area contributed by atoms with E-state index < -0.39 is 0 Å². The number of carbonyl (C=O) groups excluding carboxylic acids is 2. The molecule has 1 aromatic heterocycles. The molecule has 0 radical (unpaired) electrons. The molecule has 0 spiro atoms. The molecule has 7 nitrogen and oxygen atoms in total. The molecule has 0 saturated heterocycles. The molecule has 11 heteroatoms. The summed E-state index contributed by atoms with van der Waals surface area (Å²) < 4.78 is 1.78. The van der Waals surface area contributed by atoms with Crippen LogP contribution in [0.3, 0.4) is 0 Å². The second kappa shape index (κ2) is 11.4. The van der Waals surface area contributed by atoms with Gasteiger partial charge in [0, 0.05) is 12.6 Å². The van der Waals surface area contributed by atoms with E-state index in [4.69, 9.17) is 34.8 Å². The van der Waals surface area contributed by atoms with Crippen molar-refractivity contribution in [3.05, 3.63) is 68.4 Å². The minimum Gasteiger partial charge on any atom is -0.342 e. The number of thioether (sulfide) groups is 1. The number of benzene rings is 2. The van der Waals surface area contributed by atoms with Gasteiger partial charge in [-0.3, -0.25) is 9.59 Å². The summed E-state index contributed by atoms with van der Waals surface area (Å²) in [6.45, 7) is 5.93. The van der Waals surface area contributed by atoms with Crippen molar-refractivity contribution in [2.24, 2.45) is 13.0 Å². The number of hydrogen-bond acceptors (Lipinski definition) is 5. The highest BCUT2D eigenvalue weighted by atomic mass is 35.5. The Morgan fingerprint density at radius 2 is 1.76 bits per heavy atom. The van der Waals surface area contributed by atoms with E-state index in [1.54, 1.807) is 17.7 Å². The molecule has 0 unspecified atom stereocenters. The maximum Gasteiger partial charge on any atom is 0.251 e. The van der Waals surface area contributed by atoms with Crippen molar-refractivity contribution in [2.45, 2.75) is 32.0 Å². The van der Waals surface area contributed by atoms with Gasteiger partial charge in [0.1, 0.15) is 0 Å². The molecule has 34 heavy (non-hydrogen) atoms. The van der Waals surface area contributed by atoms with Crippen LogP contribution in [0.2, 0.25) is 15.1 Å². The van der Waals surface area contributed by atoms with Crippen molar-refractivity contribution in [3.63, 3.8) is 0 Å². The fourth-order valence-corrected chi connectivity index (χ4v) is 4.51. The first-order valence-electron chi connectivity index (χ1n) is 10.4. The first-order valence-corrected chi connectivity index (χ1v) is 12.5. The molecule has 1 heterocycles. The van der Waals surface area contributed by atoms with Crippen molar-refractivity contribution in [3.8, 4) is 0 Å². The molecule has 180 valence electrons. The predicted octanol–water partition coefficient (Wildman–Crippen LogP) is 5.94. The minimum absolute atomic E-state index is 0.0644. The number of anilines is 1. The second-order valence-corrected chi connectivity index (χ2v) is 10.2. The third-order valence-electron chi connectivity index (χ3n) is 5.00. The van der Waals surface area contributed by atoms with Crippen LogP contribution in [0, 0.1) is 12.8 Å². The van der Waals surface area contributed by atoms with Gasteiger partial charge in [0.15, 0.2) is 11.0 Å². The van der Waals surface area contributed by atoms with Crippen molar-refractivity contribution in [1.82, 2.24) is 20.1 Å². The molecule has 0 fully saturated rings. The number of carbonyl (C=O) groups is 2. The lowest BCUT2D eigenvalue weighted by Gasteiger charge is -2.21. The standard InChI is InChI=1S/C23H24Cl3N5O2S/c1-12(2)20(28-22(33)14-7-5-6-13(3)8-14)21-29-30-23(31(21)4)34-11-19(32)27-18-10-16(25)15(24)9-17(18)26/h5-10,12,20H,11H2,1-4H3,(H,27,32)(H,28,33)/t20-/m1/s1. The average molecular weight is 541 g/mol. The number of hydrogen-bond donors (Lipinski definition) is 2. The summed E-state index contributed by atoms with van der Waals surface area (Å²) in [5.41, 5.74) is 1.96. The first-order chi connectivity index (χ1) is 16.1. The van der Waals surface area contributed by atoms with Gasteiger partial charge in [-0.25, -0.2) is 0 Å². The van der Waals surface area contributed by atoms with Crippen LogP contribution in [-0.4, -0.2) is 32.3 Å². The monoisotopic (exact) mass is 539 g/mol. The third-order valence-corrected chi connectivity index (χ3v) is 7.05. The van der Waals surface area contributed by atoms with Gasteiger partial charge >= 0.3 is 0 Å². The number of nitrogens with zero attached hydrogens (tertiary/aromatic N) is 3. The van der Waals surface area contributed by atoms with Crippen LogP contribution in [0.4, 0.5) is 5.69 Å². The molecule has 1 atom stereocenters. The van der Waals surface area contributed by atoms with Crippen molar-refractivity contribution >= 4 is 64.1 Å². The zero-order chi connectivity index (χ0) is 25.0. The third kappa shape index (κ3) is 6.44. The number of amides is 2. The summed E-state index contributed by atoms with van der Waals surface area (Å²) >= 11 is 19.3. The minimum atomic E-state index is -0.358. The van der Waals surface area contributed by atoms with Crippen molar-refractivity contribution < 1.29 is 9.59 Å². The van der Waals surface area contributed by atoms with Gasteiger partial charge in [-0.2, -0.15) is 0 Å². The molecule has 3 aromatic rings. The van der Waals surface area contributed by atoms with Crippen LogP contribution in [-0.2, 0) is 11.8 Å². The lowest BCUT2D eigenvalue weighted by molar-refractivity contribution is -0.113. The lowest BCUT2D eigenvalue weighted by atomic mass is 10.0. The number of nitrogens with one attached hydrogen (secondary N) is 2. The van der Waals surface area contributed by atoms with Crippen LogP contribution in [0.1, 0.15) is 41.6 Å². The Bertz CT molecular complexity index is 1220. The summed E-state index contributed by atoms with van der Waals surface area (Å²) in [5.74, 6) is 0.270. The highest BCUT2D eigenvalue weighted by molar-refractivity contribution is 7.99. The van der Waals surface area contributed by atoms with Crippen LogP contribution in [0.25, 0.3) is 0 Å². The van der Waals surface area contributed by atoms with E-state index in [9.17, 15) is 9.59 Å². The highest BCUT2D eigenvalue weighted by Crippen LogP contribution is 2.32. The summed E-state index contributed by atoms with van der Waals surface area (Å²) in [6.07, 6.45) is 0. The number of rotatable bonds is 8. The molecule has 2 aromatic carbocycles. The van der Waals surface area contributed by atoms with Crippen molar-refractivity contribution in [2.75, 3.05) is 11.1 Å². The van der Waals surface area contributed by atoms with Gasteiger partial charge < -0.3 is 15.2 Å². The molecule has 0 saturated carbocycles. The van der Waals surface area contributed by atoms with Gasteiger partial charge in [0.25, 0.3) is 5.91 Å². The predicted molar refractivity (Wildman–Crippen MR) is 138 cm³/mol. The molecule has 0 aliphatic carbocycles. The van der Waals surface area contributed by atoms with E-state index in [2.05, 4.69) is 20.8 Å². The molecule has 3 rings (SSSR count). The maximum atomic E-state index is 12.8. The largest absolute Gasteiger partial charge is 0.342 e. The SMILES string of the molecule is Cc1cccc(C(=O)N[C@@H](c2nnc(SCC(=O)Nc3cc(Cl)c(Cl)cc3Cl)n2C)C(C)C)c1. The summed E-state index contributed by atoms with van der Waals surface area (Å²) in [6, 6.07) is 10.0. The van der Waals surface area contributed by atoms with Gasteiger partial charge in [0.2, 0.25) is 5.91 Å². The zero-order valence-electron chi connectivity index (χ0n) is 19.0. The number of aryl methyl sites for hydroxylation is 1. The fraction of sp³-hybridized carbons (Fsp3) is 0.304. The summed E-state index contributed by atoms with van der Waals surface area (Å²) in [4.78, 5) is 25.3. The van der Waals surface area contributed by atoms with Gasteiger partial charge in [-0.05, 0) is 37.1 Å². The fourth-order valence-electron chi connectivity index (χ4n) is 3.20. The van der Waals surface area contributed by atoms with E-state index >= 15 is 0 Å². The lowest BCUT2D eigenvalue weighted by Crippen LogP contribution is -2.33. The Kier molecular flexibility index (Phi) is 8.87. The van der Waals surface area contributed by atoms with E-state index in [0.717, 1.165) is 5.56 Å². The van der Waals surface area contributed by atoms with Gasteiger partial charge in [-0.1, -0.05) is 78.1 Å². The Morgan fingerprint density at radius 3 is 2.44 bits per heavy atom. The van der Waals surface area contributed by atoms with Crippen LogP contribution in [0.5, 0.6) is 0 Å². The Hall–Kier alpha value is -2.26. The molecule has 0 aliphatic rings. The molecule has 0 bridgehead atoms. The van der Waals surface area contributed by atoms with E-state index in [1.165, 1.54) is 23.9 Å². The normalized spacial score (nSPS) is 12.0. The molecular weight excluding hydrogens is 517 g/mol. The van der Waals surface area contributed by atoms with Crippen LogP contribution < -0.4 is 10.6 Å². The average Bonchev–Trinajstić information content (AvgIpc) is 3.14. The van der Waals surface area contributed by atoms with Crippen molar-refractivity contribution in [1.29, 1.82) is 0 Å². The number of aromatic nitrogens is 3. The quantitative estimate of drug-likeness (QED) is 0.273. The molecule has 2 N–H and O–H groups in total. The van der Waals surface area contributed by atoms with Crippen LogP contribution >= 0.6 is 46.6 Å².